The summed E-state index contributed by atoms with van der Waals surface area (Å²) in [4.78, 5) is 6.47. The molecule has 1 aromatic rings. The van der Waals surface area contributed by atoms with Gasteiger partial charge in [-0.25, -0.2) is 4.98 Å². The van der Waals surface area contributed by atoms with E-state index in [1.165, 1.54) is 0 Å². The fourth-order valence-electron chi connectivity index (χ4n) is 1.42. The Morgan fingerprint density at radius 3 is 2.88 bits per heavy atom. The third-order valence-corrected chi connectivity index (χ3v) is 3.38. The van der Waals surface area contributed by atoms with Crippen molar-refractivity contribution in [2.24, 2.45) is 5.73 Å². The van der Waals surface area contributed by atoms with Gasteiger partial charge in [-0.1, -0.05) is 0 Å². The van der Waals surface area contributed by atoms with Gasteiger partial charge in [0.25, 0.3) is 0 Å². The average molecular weight is 285 g/mol. The quantitative estimate of drug-likeness (QED) is 0.644. The number of aromatic nitrogens is 1. The van der Waals surface area contributed by atoms with Gasteiger partial charge in [-0.3, -0.25) is 5.41 Å². The van der Waals surface area contributed by atoms with E-state index in [1.807, 2.05) is 13.0 Å². The zero-order valence-corrected chi connectivity index (χ0v) is 11.2. The second-order valence-corrected chi connectivity index (χ2v) is 4.41. The Hall–Kier alpha value is -1.10. The Balaban J connectivity index is 2.86. The van der Waals surface area contributed by atoms with Crippen LogP contribution in [-0.4, -0.2) is 23.9 Å². The van der Waals surface area contributed by atoms with E-state index in [0.29, 0.717) is 6.42 Å². The molecule has 0 unspecified atom stereocenters. The SMILES string of the molecule is CCN(CCC(=N)N)c1nccc(C)c1Br. The van der Waals surface area contributed by atoms with Gasteiger partial charge in [0.2, 0.25) is 0 Å². The van der Waals surface area contributed by atoms with E-state index in [-0.39, 0.29) is 5.84 Å². The molecule has 3 N–H and O–H groups in total. The normalized spacial score (nSPS) is 10.2. The summed E-state index contributed by atoms with van der Waals surface area (Å²) in [5.41, 5.74) is 6.52. The van der Waals surface area contributed by atoms with Crippen LogP contribution < -0.4 is 10.6 Å². The minimum absolute atomic E-state index is 0.210. The van der Waals surface area contributed by atoms with Gasteiger partial charge in [0.1, 0.15) is 5.82 Å². The number of nitrogens with one attached hydrogen (secondary N) is 1. The molecular formula is C11H17BrN4. The lowest BCUT2D eigenvalue weighted by molar-refractivity contribution is 0.811. The number of nitrogens with zero attached hydrogens (tertiary/aromatic N) is 2. The number of pyridine rings is 1. The van der Waals surface area contributed by atoms with Crippen molar-refractivity contribution < 1.29 is 0 Å². The maximum absolute atomic E-state index is 7.24. The van der Waals surface area contributed by atoms with Gasteiger partial charge in [-0.2, -0.15) is 0 Å². The first kappa shape index (κ1) is 13.0. The molecule has 16 heavy (non-hydrogen) atoms. The maximum atomic E-state index is 7.24. The standard InChI is InChI=1S/C11H17BrN4/c1-3-16(7-5-9(13)14)11-10(12)8(2)4-6-15-11/h4,6H,3,5,7H2,1-2H3,(H3,13,14). The first-order valence-corrected chi connectivity index (χ1v) is 6.04. The molecule has 1 rings (SSSR count). The number of halogens is 1. The minimum Gasteiger partial charge on any atom is -0.388 e. The summed E-state index contributed by atoms with van der Waals surface area (Å²) in [6.07, 6.45) is 2.36. The van der Waals surface area contributed by atoms with Crippen molar-refractivity contribution in [3.05, 3.63) is 22.3 Å². The van der Waals surface area contributed by atoms with Crippen LogP contribution in [-0.2, 0) is 0 Å². The summed E-state index contributed by atoms with van der Waals surface area (Å²) in [7, 11) is 0. The topological polar surface area (TPSA) is 66.0 Å². The molecule has 0 atom stereocenters. The molecule has 0 fully saturated rings. The van der Waals surface area contributed by atoms with Gasteiger partial charge < -0.3 is 10.6 Å². The smallest absolute Gasteiger partial charge is 0.143 e. The molecule has 0 saturated heterocycles. The van der Waals surface area contributed by atoms with E-state index < -0.39 is 0 Å². The van der Waals surface area contributed by atoms with Crippen LogP contribution in [0.25, 0.3) is 0 Å². The number of aryl methyl sites for hydroxylation is 1. The summed E-state index contributed by atoms with van der Waals surface area (Å²) in [6, 6.07) is 1.96. The Bertz CT molecular complexity index is 378. The zero-order valence-electron chi connectivity index (χ0n) is 9.63. The largest absolute Gasteiger partial charge is 0.388 e. The molecule has 0 aliphatic heterocycles. The van der Waals surface area contributed by atoms with Gasteiger partial charge >= 0.3 is 0 Å². The fraction of sp³-hybridized carbons (Fsp3) is 0.455. The van der Waals surface area contributed by atoms with Gasteiger partial charge in [0.05, 0.1) is 10.3 Å². The Labute approximate surface area is 104 Å². The third-order valence-electron chi connectivity index (χ3n) is 2.40. The van der Waals surface area contributed by atoms with Crippen LogP contribution in [0.2, 0.25) is 0 Å². The van der Waals surface area contributed by atoms with Crippen LogP contribution in [0, 0.1) is 12.3 Å². The van der Waals surface area contributed by atoms with Gasteiger partial charge in [0, 0.05) is 25.7 Å². The van der Waals surface area contributed by atoms with Crippen molar-refractivity contribution in [1.82, 2.24) is 4.98 Å². The Morgan fingerprint density at radius 2 is 2.31 bits per heavy atom. The molecule has 4 nitrogen and oxygen atoms in total. The lowest BCUT2D eigenvalue weighted by atomic mass is 10.2. The second kappa shape index (κ2) is 5.84. The van der Waals surface area contributed by atoms with Crippen molar-refractivity contribution in [3.63, 3.8) is 0 Å². The Kier molecular flexibility index (Phi) is 4.73. The zero-order chi connectivity index (χ0) is 12.1. The predicted octanol–water partition coefficient (Wildman–Crippen LogP) is 2.30. The lowest BCUT2D eigenvalue weighted by Gasteiger charge is -2.23. The van der Waals surface area contributed by atoms with Crippen LogP contribution in [0.5, 0.6) is 0 Å². The Morgan fingerprint density at radius 1 is 1.62 bits per heavy atom. The molecule has 0 aliphatic rings. The highest BCUT2D eigenvalue weighted by molar-refractivity contribution is 9.10. The second-order valence-electron chi connectivity index (χ2n) is 3.62. The molecule has 1 aromatic heterocycles. The molecule has 0 amide bonds. The molecule has 88 valence electrons. The summed E-state index contributed by atoms with van der Waals surface area (Å²) < 4.78 is 1.01. The maximum Gasteiger partial charge on any atom is 0.143 e. The molecule has 0 radical (unpaired) electrons. The number of nitrogens with two attached hydrogens (primary N) is 1. The van der Waals surface area contributed by atoms with E-state index in [2.05, 4.69) is 32.7 Å². The molecule has 0 saturated carbocycles. The lowest BCUT2D eigenvalue weighted by Crippen LogP contribution is -2.28. The third kappa shape index (κ3) is 3.20. The van der Waals surface area contributed by atoms with Crippen molar-refractivity contribution in [2.45, 2.75) is 20.3 Å². The molecular weight excluding hydrogens is 268 g/mol. The van der Waals surface area contributed by atoms with E-state index in [0.717, 1.165) is 28.9 Å². The average Bonchev–Trinajstić information content (AvgIpc) is 2.24. The van der Waals surface area contributed by atoms with Crippen LogP contribution in [0.1, 0.15) is 18.9 Å². The van der Waals surface area contributed by atoms with Crippen LogP contribution in [0.15, 0.2) is 16.7 Å². The number of hydrogen-bond acceptors (Lipinski definition) is 3. The summed E-state index contributed by atoms with van der Waals surface area (Å²) >= 11 is 3.54. The molecule has 0 aliphatic carbocycles. The van der Waals surface area contributed by atoms with Crippen molar-refractivity contribution in [1.29, 1.82) is 5.41 Å². The highest BCUT2D eigenvalue weighted by atomic mass is 79.9. The number of rotatable bonds is 5. The van der Waals surface area contributed by atoms with E-state index >= 15 is 0 Å². The van der Waals surface area contributed by atoms with Gasteiger partial charge in [-0.05, 0) is 41.4 Å². The predicted molar refractivity (Wildman–Crippen MR) is 71.1 cm³/mol. The van der Waals surface area contributed by atoms with Crippen LogP contribution in [0.3, 0.4) is 0 Å². The molecule has 0 spiro atoms. The van der Waals surface area contributed by atoms with E-state index in [4.69, 9.17) is 11.1 Å². The number of amidine groups is 1. The molecule has 1 heterocycles. The van der Waals surface area contributed by atoms with Crippen LogP contribution in [0.4, 0.5) is 5.82 Å². The van der Waals surface area contributed by atoms with Gasteiger partial charge in [0.15, 0.2) is 0 Å². The van der Waals surface area contributed by atoms with Gasteiger partial charge in [-0.15, -0.1) is 0 Å². The van der Waals surface area contributed by atoms with E-state index in [1.54, 1.807) is 6.20 Å². The monoisotopic (exact) mass is 284 g/mol. The summed E-state index contributed by atoms with van der Waals surface area (Å²) in [5.74, 6) is 1.13. The number of hydrogen-bond donors (Lipinski definition) is 2. The van der Waals surface area contributed by atoms with Crippen molar-refractivity contribution in [3.8, 4) is 0 Å². The van der Waals surface area contributed by atoms with Crippen LogP contribution >= 0.6 is 15.9 Å². The molecule has 0 aromatic carbocycles. The first-order valence-electron chi connectivity index (χ1n) is 5.25. The minimum atomic E-state index is 0.210. The molecule has 0 bridgehead atoms. The summed E-state index contributed by atoms with van der Waals surface area (Å²) in [6.45, 7) is 5.67. The highest BCUT2D eigenvalue weighted by Gasteiger charge is 2.11. The highest BCUT2D eigenvalue weighted by Crippen LogP contribution is 2.26. The first-order chi connectivity index (χ1) is 7.56. The summed E-state index contributed by atoms with van der Waals surface area (Å²) in [5, 5.41) is 7.24. The van der Waals surface area contributed by atoms with Crippen molar-refractivity contribution >= 4 is 27.6 Å². The molecule has 5 heteroatoms. The van der Waals surface area contributed by atoms with E-state index in [9.17, 15) is 0 Å². The van der Waals surface area contributed by atoms with Crippen molar-refractivity contribution in [2.75, 3.05) is 18.0 Å². The fourth-order valence-corrected chi connectivity index (χ4v) is 1.90. The number of anilines is 1.